The van der Waals surface area contributed by atoms with Crippen molar-refractivity contribution in [1.82, 2.24) is 79.7 Å². The van der Waals surface area contributed by atoms with Crippen molar-refractivity contribution in [2.45, 2.75) is 199 Å². The maximum absolute atomic E-state index is 14.0. The van der Waals surface area contributed by atoms with Gasteiger partial charge in [-0.15, -0.1) is 0 Å². The summed E-state index contributed by atoms with van der Waals surface area (Å²) in [6, 6.07) is 5.06. The van der Waals surface area contributed by atoms with Crippen molar-refractivity contribution in [2.75, 3.05) is 214 Å². The van der Waals surface area contributed by atoms with E-state index in [9.17, 15) is 35.1 Å². The smallest absolute Gasteiger partial charge is 0.264 e. The van der Waals surface area contributed by atoms with Gasteiger partial charge in [0.25, 0.3) is 25.7 Å². The maximum Gasteiger partial charge on any atom is 0.264 e. The summed E-state index contributed by atoms with van der Waals surface area (Å²) >= 11 is 0. The molecule has 8 aromatic heterocycles. The second-order valence-corrected chi connectivity index (χ2v) is 36.1. The monoisotopic (exact) mass is 1850 g/mol. The lowest BCUT2D eigenvalue weighted by molar-refractivity contribution is 0.0108. The van der Waals surface area contributed by atoms with Crippen LogP contribution in [-0.2, 0) is 37.9 Å². The number of alkyl halides is 8. The molecule has 0 unspecified atom stereocenters. The van der Waals surface area contributed by atoms with Crippen molar-refractivity contribution in [3.8, 4) is 45.6 Å². The molecule has 0 radical (unpaired) electrons. The van der Waals surface area contributed by atoms with E-state index in [1.165, 1.54) is 49.1 Å². The maximum atomic E-state index is 14.0. The highest BCUT2D eigenvalue weighted by Gasteiger charge is 2.50. The van der Waals surface area contributed by atoms with Gasteiger partial charge in [0.1, 0.15) is 23.3 Å². The molecule has 0 amide bonds. The number of rotatable bonds is 20. The molecule has 0 bridgehead atoms. The summed E-state index contributed by atoms with van der Waals surface area (Å²) in [7, 11) is 0. The molecule has 0 aromatic carbocycles. The molecule has 8 saturated heterocycles. The summed E-state index contributed by atoms with van der Waals surface area (Å²) in [5.41, 5.74) is 21.7. The Hall–Kier alpha value is -10.6. The van der Waals surface area contributed by atoms with Gasteiger partial charge in [-0.3, -0.25) is 0 Å². The molecule has 6 atom stereocenters. The normalized spacial score (nSPS) is 22.6. The molecule has 10 aliphatic rings. The van der Waals surface area contributed by atoms with Crippen LogP contribution in [0, 0.1) is 11.8 Å². The Morgan fingerprint density at radius 3 is 0.962 bits per heavy atom. The number of anilines is 12. The van der Waals surface area contributed by atoms with Crippen LogP contribution in [0.15, 0.2) is 49.1 Å². The summed E-state index contributed by atoms with van der Waals surface area (Å²) in [5.74, 6) is 5.02. The molecule has 16 heterocycles. The first-order valence-electron chi connectivity index (χ1n) is 45.4. The third-order valence-electron chi connectivity index (χ3n) is 26.1. The molecule has 132 heavy (non-hydrogen) atoms. The van der Waals surface area contributed by atoms with Crippen molar-refractivity contribution in [3.63, 3.8) is 0 Å². The van der Waals surface area contributed by atoms with Gasteiger partial charge in [-0.1, -0.05) is 41.5 Å². The van der Waals surface area contributed by atoms with Crippen LogP contribution in [-0.4, -0.2) is 284 Å². The SMILES string of the molecule is CC(C)[C@@H]1COCCN1c1nc(-c2cnc(N)cc2C(F)F)nc(N2CCOC[C@H]2C(C)C)n1.CC[C@@H]1COCCN1c1nc(-c2cnc(N)cc2C(F)F)nc(N2CCOC[C@H]2CC)n1.C[C@@H]1COC[C@H](C)N1c1nc(-c2cnc(N)cc2C(F)F)nc(N2CCOCC2(C)C)n1.Nc1cc(C(F)F)c(-c2nc(N3CCOCC34CCC4)nc(N3CCOCC34CCC4)n2)cn1. The predicted molar refractivity (Wildman–Crippen MR) is 482 cm³/mol. The van der Waals surface area contributed by atoms with Gasteiger partial charge in [-0.2, -0.15) is 59.8 Å². The van der Waals surface area contributed by atoms with Gasteiger partial charge >= 0.3 is 0 Å². The fourth-order valence-corrected chi connectivity index (χ4v) is 18.4. The van der Waals surface area contributed by atoms with Gasteiger partial charge in [0.15, 0.2) is 23.3 Å². The number of ether oxygens (including phenoxy) is 8. The van der Waals surface area contributed by atoms with E-state index in [0.717, 1.165) is 51.4 Å². The van der Waals surface area contributed by atoms with Crippen molar-refractivity contribution >= 4 is 70.9 Å². The lowest BCUT2D eigenvalue weighted by Crippen LogP contribution is -2.63. The second kappa shape index (κ2) is 41.9. The first-order chi connectivity index (χ1) is 63.4. The van der Waals surface area contributed by atoms with E-state index in [2.05, 4.69) is 126 Å². The van der Waals surface area contributed by atoms with Crippen molar-refractivity contribution in [3.05, 3.63) is 71.3 Å². The van der Waals surface area contributed by atoms with Crippen LogP contribution in [0.3, 0.4) is 0 Å². The Morgan fingerprint density at radius 1 is 0.348 bits per heavy atom. The molecule has 716 valence electrons. The minimum atomic E-state index is -2.75. The van der Waals surface area contributed by atoms with Crippen LogP contribution in [0.4, 0.5) is 106 Å². The highest BCUT2D eigenvalue weighted by molar-refractivity contribution is 5.69. The third kappa shape index (κ3) is 21.1. The van der Waals surface area contributed by atoms with E-state index in [4.69, 9.17) is 90.7 Å². The van der Waals surface area contributed by atoms with Crippen molar-refractivity contribution in [1.29, 1.82) is 0 Å². The average Bonchev–Trinajstić information content (AvgIpc) is 0.735. The second-order valence-electron chi connectivity index (χ2n) is 36.1. The van der Waals surface area contributed by atoms with Crippen LogP contribution in [0.25, 0.3) is 45.6 Å². The summed E-state index contributed by atoms with van der Waals surface area (Å²) in [6.07, 6.45) is 2.22. The molecule has 2 saturated carbocycles. The molecule has 18 rings (SSSR count). The zero-order chi connectivity index (χ0) is 93.5. The zero-order valence-electron chi connectivity index (χ0n) is 76.3. The standard InChI is InChI=1S/C23H29F2N7O2.C23H33F2N7O2.2C21H29F2N7O2/c24-18(25)15-11-17(26)27-12-16(15)19-28-20(31-7-9-33-13-22(31)3-1-4-22)30-21(29-19)32-8-10-34-14-23(32)5-2-6-23;1-13(2)17-11-33-7-5-31(17)22-28-21(16-10-27-19(26)9-15(16)20(24)25)29-23(30-22)32-6-8-34-12-18(32)14(3)4;1-12-9-32-10-13(2)30(12)20-27-18(15-8-25-16(24)7-14(15)17(22)23)26-19(28-20)29-5-6-31-11-21(29,3)4;1-3-13-11-31-7-5-29(13)20-26-19(16-10-25-17(24)9-15(16)18(22)23)27-21(28-20)30-6-8-32-12-14(30)4-2/h11-12,18H,1-10,13-14H2,(H2,26,27);9-10,13-14,17-18,20H,5-8,11-12H2,1-4H3,(H2,26,27);7-8,12-13,17H,5-6,9-11H2,1-4H3,(H2,24,25);9-10,13-14,18H,3-8,11-12H2,1-2H3,(H2,24,25)/t;17-,18-;12-,13+;13-,14-/m.0.1/s1. The molecule has 2 aliphatic carbocycles. The molecular formula is C88H120F8N28O8. The number of nitrogens with two attached hydrogens (primary N) is 4. The van der Waals surface area contributed by atoms with Gasteiger partial charge in [0.05, 0.1) is 159 Å². The van der Waals surface area contributed by atoms with E-state index in [-0.39, 0.29) is 156 Å². The van der Waals surface area contributed by atoms with Crippen LogP contribution < -0.4 is 62.1 Å². The predicted octanol–water partition coefficient (Wildman–Crippen LogP) is 11.5. The number of nitrogen functional groups attached to an aromatic ring is 4. The lowest BCUT2D eigenvalue weighted by Gasteiger charge is -2.54. The van der Waals surface area contributed by atoms with E-state index < -0.39 is 25.7 Å². The van der Waals surface area contributed by atoms with Crippen LogP contribution in [0.5, 0.6) is 0 Å². The number of hydrogen-bond donors (Lipinski definition) is 4. The average molecular weight is 1850 g/mol. The van der Waals surface area contributed by atoms with E-state index in [0.29, 0.717) is 199 Å². The van der Waals surface area contributed by atoms with E-state index in [1.54, 1.807) is 0 Å². The number of aromatic nitrogens is 16. The van der Waals surface area contributed by atoms with Gasteiger partial charge < -0.3 is 100 Å². The van der Waals surface area contributed by atoms with Gasteiger partial charge in [0, 0.05) is 115 Å². The van der Waals surface area contributed by atoms with Gasteiger partial charge in [-0.25, -0.2) is 55.1 Å². The molecular weight excluding hydrogens is 1730 g/mol. The zero-order valence-corrected chi connectivity index (χ0v) is 76.3. The number of pyridine rings is 4. The first kappa shape index (κ1) is 96.0. The molecule has 8 aliphatic heterocycles. The van der Waals surface area contributed by atoms with Crippen molar-refractivity contribution < 1.29 is 73.0 Å². The molecule has 8 aromatic rings. The van der Waals surface area contributed by atoms with Crippen LogP contribution >= 0.6 is 0 Å². The number of nitrogens with zero attached hydrogens (tertiary/aromatic N) is 24. The number of hydrogen-bond acceptors (Lipinski definition) is 36. The van der Waals surface area contributed by atoms with Crippen LogP contribution in [0.1, 0.15) is 169 Å². The molecule has 44 heteroatoms. The largest absolute Gasteiger partial charge is 0.384 e. The topological polar surface area (TPSA) is 410 Å². The highest BCUT2D eigenvalue weighted by atomic mass is 19.3. The van der Waals surface area contributed by atoms with E-state index >= 15 is 0 Å². The first-order valence-corrected chi connectivity index (χ1v) is 45.4. The Morgan fingerprint density at radius 2 is 0.636 bits per heavy atom. The minimum Gasteiger partial charge on any atom is -0.384 e. The quantitative estimate of drug-likeness (QED) is 0.0515. The lowest BCUT2D eigenvalue weighted by atomic mass is 9.75. The third-order valence-corrected chi connectivity index (χ3v) is 26.1. The Labute approximate surface area is 761 Å². The molecule has 2 spiro atoms. The minimum absolute atomic E-state index is 0.0126. The summed E-state index contributed by atoms with van der Waals surface area (Å²) in [5, 5.41) is 0. The van der Waals surface area contributed by atoms with E-state index in [1.807, 2.05) is 32.6 Å². The highest BCUT2D eigenvalue weighted by Crippen LogP contribution is 2.47. The fourth-order valence-electron chi connectivity index (χ4n) is 18.4. The number of morpholine rings is 8. The van der Waals surface area contributed by atoms with Gasteiger partial charge in [-0.05, 0) is 115 Å². The summed E-state index contributed by atoms with van der Waals surface area (Å²) < 4.78 is 157. The fraction of sp³-hybridized carbons (Fsp3) is 0.636. The Bertz CT molecular complexity index is 5070. The summed E-state index contributed by atoms with van der Waals surface area (Å²) in [6.45, 7) is 33.9. The number of halogens is 8. The molecule has 36 nitrogen and oxygen atoms in total. The summed E-state index contributed by atoms with van der Waals surface area (Å²) in [4.78, 5) is 89.7. The van der Waals surface area contributed by atoms with Gasteiger partial charge in [0.2, 0.25) is 47.6 Å². The Balaban J connectivity index is 0.000000135. The molecule has 10 fully saturated rings. The Kier molecular flexibility index (Phi) is 30.4. The molecule has 8 N–H and O–H groups in total. The van der Waals surface area contributed by atoms with Crippen LogP contribution in [0.2, 0.25) is 0 Å². The van der Waals surface area contributed by atoms with Crippen molar-refractivity contribution in [2.24, 2.45) is 11.8 Å².